The van der Waals surface area contributed by atoms with Crippen LogP contribution in [0.15, 0.2) is 54.9 Å². The van der Waals surface area contributed by atoms with Crippen LogP contribution in [-0.2, 0) is 4.79 Å². The van der Waals surface area contributed by atoms with Gasteiger partial charge in [0.1, 0.15) is 5.75 Å². The van der Waals surface area contributed by atoms with Crippen molar-refractivity contribution in [2.75, 3.05) is 56.9 Å². The number of para-hydroxylation sites is 1. The van der Waals surface area contributed by atoms with Gasteiger partial charge in [0, 0.05) is 55.6 Å². The van der Waals surface area contributed by atoms with Gasteiger partial charge in [0.15, 0.2) is 0 Å². The molecule has 0 saturated heterocycles. The van der Waals surface area contributed by atoms with E-state index in [1.807, 2.05) is 76.7 Å². The molecule has 4 rings (SSSR count). The number of aromatic amines is 1. The predicted octanol–water partition coefficient (Wildman–Crippen LogP) is 4.72. The first-order chi connectivity index (χ1) is 17.4. The summed E-state index contributed by atoms with van der Waals surface area (Å²) in [6.45, 7) is 3.57. The van der Waals surface area contributed by atoms with E-state index in [1.54, 1.807) is 13.3 Å². The van der Waals surface area contributed by atoms with E-state index in [1.165, 1.54) is 0 Å². The molecule has 0 bridgehead atoms. The number of nitrogens with zero attached hydrogens (tertiary/aromatic N) is 4. The third-order valence-corrected chi connectivity index (χ3v) is 5.97. The zero-order valence-electron chi connectivity index (χ0n) is 21.4. The number of aromatic nitrogens is 3. The average Bonchev–Trinajstić information content (AvgIpc) is 3.32. The van der Waals surface area contributed by atoms with Crippen molar-refractivity contribution in [3.8, 4) is 17.0 Å². The van der Waals surface area contributed by atoms with E-state index in [0.29, 0.717) is 12.4 Å². The van der Waals surface area contributed by atoms with E-state index in [0.717, 1.165) is 58.1 Å². The van der Waals surface area contributed by atoms with Gasteiger partial charge in [-0.15, -0.1) is 0 Å². The van der Waals surface area contributed by atoms with Gasteiger partial charge in [-0.05, 0) is 44.4 Å². The fourth-order valence-electron chi connectivity index (χ4n) is 3.96. The Morgan fingerprint density at radius 2 is 1.94 bits per heavy atom. The molecular formula is C27H33N7O2. The van der Waals surface area contributed by atoms with Gasteiger partial charge in [-0.2, -0.15) is 0 Å². The normalized spacial score (nSPS) is 11.1. The van der Waals surface area contributed by atoms with Crippen LogP contribution in [0.5, 0.6) is 5.75 Å². The van der Waals surface area contributed by atoms with E-state index in [9.17, 15) is 4.79 Å². The van der Waals surface area contributed by atoms with Gasteiger partial charge in [-0.1, -0.05) is 19.1 Å². The van der Waals surface area contributed by atoms with Crippen molar-refractivity contribution in [2.24, 2.45) is 0 Å². The maximum atomic E-state index is 12.2. The summed E-state index contributed by atoms with van der Waals surface area (Å²) in [7, 11) is 7.77. The van der Waals surface area contributed by atoms with Gasteiger partial charge in [0.2, 0.25) is 11.9 Å². The average molecular weight is 488 g/mol. The number of amides is 1. The summed E-state index contributed by atoms with van der Waals surface area (Å²) < 4.78 is 5.47. The van der Waals surface area contributed by atoms with E-state index in [-0.39, 0.29) is 5.91 Å². The number of hydrogen-bond donors (Lipinski definition) is 3. The number of hydrogen-bond acceptors (Lipinski definition) is 7. The first-order valence-electron chi connectivity index (χ1n) is 11.9. The fourth-order valence-corrected chi connectivity index (χ4v) is 3.96. The van der Waals surface area contributed by atoms with Crippen LogP contribution < -0.4 is 20.3 Å². The smallest absolute Gasteiger partial charge is 0.227 e. The highest BCUT2D eigenvalue weighted by atomic mass is 16.5. The number of nitrogens with one attached hydrogen (secondary N) is 3. The summed E-state index contributed by atoms with van der Waals surface area (Å²) in [4.78, 5) is 28.9. The number of benzene rings is 2. The molecule has 3 N–H and O–H groups in total. The van der Waals surface area contributed by atoms with E-state index in [2.05, 4.69) is 30.4 Å². The molecule has 0 atom stereocenters. The molecule has 1 amide bonds. The first kappa shape index (κ1) is 25.0. The third-order valence-electron chi connectivity index (χ3n) is 5.97. The first-order valence-corrected chi connectivity index (χ1v) is 11.9. The molecule has 0 aliphatic rings. The van der Waals surface area contributed by atoms with Gasteiger partial charge >= 0.3 is 0 Å². The van der Waals surface area contributed by atoms with E-state index in [4.69, 9.17) is 9.72 Å². The van der Waals surface area contributed by atoms with Crippen molar-refractivity contribution >= 4 is 39.8 Å². The number of likely N-dealkylation sites (N-methyl/N-ethyl adjacent to an activating group) is 2. The molecule has 2 heterocycles. The molecule has 0 spiro atoms. The van der Waals surface area contributed by atoms with Crippen LogP contribution in [0.25, 0.3) is 22.2 Å². The minimum atomic E-state index is -0.0394. The van der Waals surface area contributed by atoms with Crippen molar-refractivity contribution in [1.29, 1.82) is 0 Å². The fraction of sp³-hybridized carbons (Fsp3) is 0.296. The second-order valence-electron chi connectivity index (χ2n) is 8.83. The second kappa shape index (κ2) is 11.1. The molecule has 0 radical (unpaired) electrons. The Balaban J connectivity index is 1.62. The van der Waals surface area contributed by atoms with Gasteiger partial charge < -0.3 is 30.2 Å². The SMILES string of the molecule is CCC(=O)Nc1cc(Nc2nccc(-c3c[nH]c4c(OC)cccc34)n2)ccc1N(C)CCN(C)C. The lowest BCUT2D eigenvalue weighted by Crippen LogP contribution is -2.29. The van der Waals surface area contributed by atoms with E-state index < -0.39 is 0 Å². The molecule has 188 valence electrons. The van der Waals surface area contributed by atoms with Crippen LogP contribution in [0, 0.1) is 0 Å². The van der Waals surface area contributed by atoms with Gasteiger partial charge in [0.25, 0.3) is 0 Å². The molecule has 0 saturated carbocycles. The molecule has 36 heavy (non-hydrogen) atoms. The highest BCUT2D eigenvalue weighted by Gasteiger charge is 2.14. The summed E-state index contributed by atoms with van der Waals surface area (Å²) in [5, 5.41) is 7.34. The Morgan fingerprint density at radius 3 is 2.69 bits per heavy atom. The Kier molecular flexibility index (Phi) is 7.70. The van der Waals surface area contributed by atoms with Crippen molar-refractivity contribution in [3.05, 3.63) is 54.9 Å². The monoisotopic (exact) mass is 487 g/mol. The predicted molar refractivity (Wildman–Crippen MR) is 146 cm³/mol. The molecule has 0 aliphatic carbocycles. The maximum absolute atomic E-state index is 12.2. The molecular weight excluding hydrogens is 454 g/mol. The van der Waals surface area contributed by atoms with Gasteiger partial charge in [0.05, 0.1) is 29.7 Å². The molecule has 0 unspecified atom stereocenters. The maximum Gasteiger partial charge on any atom is 0.227 e. The molecule has 0 aliphatic heterocycles. The summed E-state index contributed by atoms with van der Waals surface area (Å²) in [6, 6.07) is 13.7. The van der Waals surface area contributed by atoms with Crippen LogP contribution in [0.3, 0.4) is 0 Å². The molecule has 4 aromatic rings. The molecule has 2 aromatic carbocycles. The molecule has 2 aromatic heterocycles. The minimum Gasteiger partial charge on any atom is -0.495 e. The highest BCUT2D eigenvalue weighted by Crippen LogP contribution is 2.33. The zero-order valence-corrected chi connectivity index (χ0v) is 21.4. The van der Waals surface area contributed by atoms with Crippen molar-refractivity contribution < 1.29 is 9.53 Å². The summed E-state index contributed by atoms with van der Waals surface area (Å²) in [5.41, 5.74) is 5.14. The van der Waals surface area contributed by atoms with Gasteiger partial charge in [-0.25, -0.2) is 9.97 Å². The minimum absolute atomic E-state index is 0.0394. The summed E-state index contributed by atoms with van der Waals surface area (Å²) in [5.74, 6) is 1.21. The van der Waals surface area contributed by atoms with Crippen molar-refractivity contribution in [1.82, 2.24) is 19.9 Å². The Bertz CT molecular complexity index is 1350. The van der Waals surface area contributed by atoms with Crippen LogP contribution in [0.1, 0.15) is 13.3 Å². The van der Waals surface area contributed by atoms with Crippen LogP contribution in [-0.4, -0.2) is 67.1 Å². The van der Waals surface area contributed by atoms with Crippen LogP contribution >= 0.6 is 0 Å². The largest absolute Gasteiger partial charge is 0.495 e. The number of methoxy groups -OCH3 is 1. The quantitative estimate of drug-likeness (QED) is 0.298. The Labute approximate surface area is 211 Å². The number of anilines is 4. The summed E-state index contributed by atoms with van der Waals surface area (Å²) >= 11 is 0. The standard InChI is InChI=1S/C27H33N7O2/c1-6-25(35)31-22-16-18(10-11-23(22)34(4)15-14-33(2)3)30-27-28-13-12-21(32-27)20-17-29-26-19(20)8-7-9-24(26)36-5/h7-13,16-17,29H,6,14-15H2,1-5H3,(H,31,35)(H,28,30,32). The number of fused-ring (bicyclic) bond motifs is 1. The molecule has 0 fully saturated rings. The van der Waals surface area contributed by atoms with Crippen LogP contribution in [0.2, 0.25) is 0 Å². The number of carbonyl (C=O) groups is 1. The lowest BCUT2D eigenvalue weighted by molar-refractivity contribution is -0.115. The lowest BCUT2D eigenvalue weighted by Gasteiger charge is -2.25. The topological polar surface area (TPSA) is 98.4 Å². The van der Waals surface area contributed by atoms with Crippen molar-refractivity contribution in [3.63, 3.8) is 0 Å². The number of rotatable bonds is 10. The van der Waals surface area contributed by atoms with Crippen LogP contribution in [0.4, 0.5) is 23.0 Å². The lowest BCUT2D eigenvalue weighted by atomic mass is 10.1. The van der Waals surface area contributed by atoms with Crippen molar-refractivity contribution in [2.45, 2.75) is 13.3 Å². The number of carbonyl (C=O) groups excluding carboxylic acids is 1. The molecule has 9 nitrogen and oxygen atoms in total. The third kappa shape index (κ3) is 5.58. The van der Waals surface area contributed by atoms with E-state index >= 15 is 0 Å². The highest BCUT2D eigenvalue weighted by molar-refractivity contribution is 5.98. The number of ether oxygens (including phenoxy) is 1. The second-order valence-corrected chi connectivity index (χ2v) is 8.83. The zero-order chi connectivity index (χ0) is 25.7. The molecule has 9 heteroatoms. The van der Waals surface area contributed by atoms with Gasteiger partial charge in [-0.3, -0.25) is 4.79 Å². The Hall–Kier alpha value is -4.11. The summed E-state index contributed by atoms with van der Waals surface area (Å²) in [6.07, 6.45) is 4.06. The Morgan fingerprint density at radius 1 is 1.11 bits per heavy atom. The number of H-pyrrole nitrogens is 1.